The molecule has 114 valence electrons. The Morgan fingerprint density at radius 3 is 2.14 bits per heavy atom. The molecular weight excluding hydrogens is 334 g/mol. The summed E-state index contributed by atoms with van der Waals surface area (Å²) < 4.78 is 17.3. The Morgan fingerprint density at radius 1 is 1.05 bits per heavy atom. The number of methoxy groups -OCH3 is 2. The molecule has 21 heavy (non-hydrogen) atoms. The fraction of sp³-hybridized carbons (Fsp3) is 0.375. The van der Waals surface area contributed by atoms with Gasteiger partial charge in [0.2, 0.25) is 0 Å². The number of ether oxygens (including phenoxy) is 2. The summed E-state index contributed by atoms with van der Waals surface area (Å²) in [6.45, 7) is 3.92. The molecule has 4 nitrogen and oxygen atoms in total. The molecule has 0 radical (unpaired) electrons. The van der Waals surface area contributed by atoms with E-state index in [4.69, 9.17) is 13.9 Å². The lowest BCUT2D eigenvalue weighted by Gasteiger charge is -2.20. The third kappa shape index (κ3) is 3.09. The molecule has 1 N–H and O–H groups in total. The molecule has 1 atom stereocenters. The first-order chi connectivity index (χ1) is 10.0. The van der Waals surface area contributed by atoms with Crippen molar-refractivity contribution in [1.29, 1.82) is 0 Å². The van der Waals surface area contributed by atoms with Crippen LogP contribution in [-0.4, -0.2) is 21.3 Å². The normalized spacial score (nSPS) is 12.3. The van der Waals surface area contributed by atoms with Crippen molar-refractivity contribution in [3.05, 3.63) is 45.3 Å². The standard InChI is InChI=1S/C16H20BrNO3/c1-9-6-11(10(2)21-9)16(18-3)12-7-14(19-4)15(20-5)8-13(12)17/h6-8,16,18H,1-5H3. The summed E-state index contributed by atoms with van der Waals surface area (Å²) >= 11 is 3.62. The van der Waals surface area contributed by atoms with Crippen LogP contribution in [0.4, 0.5) is 0 Å². The van der Waals surface area contributed by atoms with Gasteiger partial charge in [0.05, 0.1) is 20.3 Å². The van der Waals surface area contributed by atoms with Crippen LogP contribution in [0.3, 0.4) is 0 Å². The Labute approximate surface area is 133 Å². The molecule has 1 heterocycles. The minimum absolute atomic E-state index is 0.0108. The molecule has 5 heteroatoms. The van der Waals surface area contributed by atoms with Crippen molar-refractivity contribution < 1.29 is 13.9 Å². The molecule has 1 aromatic carbocycles. The summed E-state index contributed by atoms with van der Waals surface area (Å²) in [5.41, 5.74) is 2.18. The van der Waals surface area contributed by atoms with Crippen molar-refractivity contribution in [3.8, 4) is 11.5 Å². The Kier molecular flexibility index (Phi) is 4.96. The molecule has 0 spiro atoms. The number of aryl methyl sites for hydroxylation is 2. The number of hydrogen-bond donors (Lipinski definition) is 1. The lowest BCUT2D eigenvalue weighted by Crippen LogP contribution is -2.18. The van der Waals surface area contributed by atoms with Crippen molar-refractivity contribution in [1.82, 2.24) is 5.32 Å². The van der Waals surface area contributed by atoms with Crippen molar-refractivity contribution in [3.63, 3.8) is 0 Å². The van der Waals surface area contributed by atoms with Crippen LogP contribution in [0.25, 0.3) is 0 Å². The van der Waals surface area contributed by atoms with Gasteiger partial charge in [-0.3, -0.25) is 0 Å². The maximum absolute atomic E-state index is 5.65. The molecular formula is C16H20BrNO3. The predicted octanol–water partition coefficient (Wildman–Crippen LogP) is 3.98. The second-order valence-corrected chi connectivity index (χ2v) is 5.67. The van der Waals surface area contributed by atoms with E-state index >= 15 is 0 Å². The van der Waals surface area contributed by atoms with Crippen molar-refractivity contribution in [2.24, 2.45) is 0 Å². The molecule has 0 aliphatic carbocycles. The smallest absolute Gasteiger partial charge is 0.161 e. The summed E-state index contributed by atoms with van der Waals surface area (Å²) in [4.78, 5) is 0. The van der Waals surface area contributed by atoms with E-state index < -0.39 is 0 Å². The van der Waals surface area contributed by atoms with E-state index in [9.17, 15) is 0 Å². The summed E-state index contributed by atoms with van der Waals surface area (Å²) in [5.74, 6) is 3.21. The van der Waals surface area contributed by atoms with Gasteiger partial charge in [-0.05, 0) is 44.7 Å². The Bertz CT molecular complexity index is 637. The van der Waals surface area contributed by atoms with Gasteiger partial charge < -0.3 is 19.2 Å². The minimum Gasteiger partial charge on any atom is -0.493 e. The van der Waals surface area contributed by atoms with Crippen LogP contribution in [0.5, 0.6) is 11.5 Å². The zero-order valence-electron chi connectivity index (χ0n) is 12.9. The van der Waals surface area contributed by atoms with Crippen LogP contribution in [0.15, 0.2) is 27.1 Å². The number of furan rings is 1. The highest BCUT2D eigenvalue weighted by molar-refractivity contribution is 9.10. The van der Waals surface area contributed by atoms with E-state index in [1.54, 1.807) is 14.2 Å². The predicted molar refractivity (Wildman–Crippen MR) is 86.3 cm³/mol. The van der Waals surface area contributed by atoms with Gasteiger partial charge in [-0.2, -0.15) is 0 Å². The van der Waals surface area contributed by atoms with E-state index in [-0.39, 0.29) is 6.04 Å². The van der Waals surface area contributed by atoms with Crippen molar-refractivity contribution >= 4 is 15.9 Å². The molecule has 0 amide bonds. The second kappa shape index (κ2) is 6.54. The summed E-state index contributed by atoms with van der Waals surface area (Å²) in [6.07, 6.45) is 0. The van der Waals surface area contributed by atoms with Crippen molar-refractivity contribution in [2.45, 2.75) is 19.9 Å². The minimum atomic E-state index is 0.0108. The lowest BCUT2D eigenvalue weighted by atomic mass is 9.98. The second-order valence-electron chi connectivity index (χ2n) is 4.82. The van der Waals surface area contributed by atoms with Gasteiger partial charge in [-0.1, -0.05) is 15.9 Å². The summed E-state index contributed by atoms with van der Waals surface area (Å²) in [7, 11) is 5.19. The van der Waals surface area contributed by atoms with Gasteiger partial charge in [0.15, 0.2) is 11.5 Å². The lowest BCUT2D eigenvalue weighted by molar-refractivity contribution is 0.354. The van der Waals surface area contributed by atoms with Crippen LogP contribution >= 0.6 is 15.9 Å². The summed E-state index contributed by atoms with van der Waals surface area (Å²) in [6, 6.07) is 5.96. The third-order valence-electron chi connectivity index (χ3n) is 3.49. The zero-order chi connectivity index (χ0) is 15.6. The first kappa shape index (κ1) is 15.9. The van der Waals surface area contributed by atoms with Crippen molar-refractivity contribution in [2.75, 3.05) is 21.3 Å². The topological polar surface area (TPSA) is 43.6 Å². The summed E-state index contributed by atoms with van der Waals surface area (Å²) in [5, 5.41) is 3.33. The van der Waals surface area contributed by atoms with Gasteiger partial charge in [0.25, 0.3) is 0 Å². The van der Waals surface area contributed by atoms with E-state index in [1.165, 1.54) is 0 Å². The molecule has 2 aromatic rings. The Hall–Kier alpha value is -1.46. The number of halogens is 1. The molecule has 0 bridgehead atoms. The first-order valence-electron chi connectivity index (χ1n) is 6.67. The monoisotopic (exact) mass is 353 g/mol. The molecule has 1 unspecified atom stereocenters. The van der Waals surface area contributed by atoms with E-state index in [2.05, 4.69) is 27.3 Å². The van der Waals surface area contributed by atoms with Gasteiger partial charge in [-0.15, -0.1) is 0 Å². The SMILES string of the molecule is CNC(c1cc(OC)c(OC)cc1Br)c1cc(C)oc1C. The molecule has 0 saturated carbocycles. The maximum Gasteiger partial charge on any atom is 0.161 e. The average molecular weight is 354 g/mol. The number of benzene rings is 1. The van der Waals surface area contributed by atoms with Crippen LogP contribution in [-0.2, 0) is 0 Å². The van der Waals surface area contributed by atoms with E-state index in [0.717, 1.165) is 27.1 Å². The number of hydrogen-bond acceptors (Lipinski definition) is 4. The van der Waals surface area contributed by atoms with E-state index in [0.29, 0.717) is 11.5 Å². The fourth-order valence-corrected chi connectivity index (χ4v) is 3.06. The molecule has 2 rings (SSSR count). The number of rotatable bonds is 5. The highest BCUT2D eigenvalue weighted by Gasteiger charge is 2.22. The number of nitrogens with one attached hydrogen (secondary N) is 1. The molecule has 0 aliphatic rings. The van der Waals surface area contributed by atoms with Crippen LogP contribution in [0.1, 0.15) is 28.7 Å². The van der Waals surface area contributed by atoms with Gasteiger partial charge >= 0.3 is 0 Å². The van der Waals surface area contributed by atoms with Crippen LogP contribution in [0.2, 0.25) is 0 Å². The molecule has 0 saturated heterocycles. The molecule has 0 fully saturated rings. The highest BCUT2D eigenvalue weighted by Crippen LogP contribution is 2.38. The molecule has 0 aliphatic heterocycles. The quantitative estimate of drug-likeness (QED) is 0.882. The zero-order valence-corrected chi connectivity index (χ0v) is 14.5. The highest BCUT2D eigenvalue weighted by atomic mass is 79.9. The van der Waals surface area contributed by atoms with Crippen LogP contribution < -0.4 is 14.8 Å². The van der Waals surface area contributed by atoms with Gasteiger partial charge in [0, 0.05) is 10.0 Å². The maximum atomic E-state index is 5.65. The Morgan fingerprint density at radius 2 is 1.67 bits per heavy atom. The third-order valence-corrected chi connectivity index (χ3v) is 4.18. The average Bonchev–Trinajstić information content (AvgIpc) is 2.79. The van der Waals surface area contributed by atoms with E-state index in [1.807, 2.05) is 33.0 Å². The fourth-order valence-electron chi connectivity index (χ4n) is 2.51. The largest absolute Gasteiger partial charge is 0.493 e. The van der Waals surface area contributed by atoms with Gasteiger partial charge in [-0.25, -0.2) is 0 Å². The molecule has 1 aromatic heterocycles. The van der Waals surface area contributed by atoms with Gasteiger partial charge in [0.1, 0.15) is 11.5 Å². The first-order valence-corrected chi connectivity index (χ1v) is 7.46. The van der Waals surface area contributed by atoms with Crippen LogP contribution in [0, 0.1) is 13.8 Å². The Balaban J connectivity index is 2.54.